The summed E-state index contributed by atoms with van der Waals surface area (Å²) in [6, 6.07) is 9.99. The monoisotopic (exact) mass is 467 g/mol. The molecule has 1 atom stereocenters. The fraction of sp³-hybridized carbons (Fsp3) is 0.409. The minimum absolute atomic E-state index is 0.250. The summed E-state index contributed by atoms with van der Waals surface area (Å²) in [7, 11) is -3.75. The van der Waals surface area contributed by atoms with Crippen LogP contribution in [-0.4, -0.2) is 57.7 Å². The summed E-state index contributed by atoms with van der Waals surface area (Å²) in [5, 5.41) is 0.660. The van der Waals surface area contributed by atoms with Crippen LogP contribution in [0.5, 0.6) is 0 Å². The highest BCUT2D eigenvalue weighted by Gasteiger charge is 2.35. The van der Waals surface area contributed by atoms with Crippen molar-refractivity contribution in [2.24, 2.45) is 0 Å². The molecule has 2 aromatic rings. The van der Waals surface area contributed by atoms with Crippen LogP contribution in [-0.2, 0) is 14.8 Å². The molecule has 3 rings (SSSR count). The van der Waals surface area contributed by atoms with E-state index in [2.05, 4.69) is 4.90 Å². The van der Waals surface area contributed by atoms with Gasteiger partial charge in [-0.25, -0.2) is 12.8 Å². The second-order valence-corrected chi connectivity index (χ2v) is 10.00. The van der Waals surface area contributed by atoms with Gasteiger partial charge in [-0.1, -0.05) is 24.6 Å². The number of halogens is 2. The number of carbonyl (C=O) groups excluding carboxylic acids is 1. The largest absolute Gasteiger partial charge is 0.368 e. The number of hydrogen-bond acceptors (Lipinski definition) is 4. The van der Waals surface area contributed by atoms with E-state index in [0.717, 1.165) is 21.8 Å². The predicted molar refractivity (Wildman–Crippen MR) is 123 cm³/mol. The lowest BCUT2D eigenvalue weighted by atomic mass is 10.1. The first-order chi connectivity index (χ1) is 14.6. The first kappa shape index (κ1) is 23.3. The zero-order valence-corrected chi connectivity index (χ0v) is 19.5. The van der Waals surface area contributed by atoms with Gasteiger partial charge in [0.2, 0.25) is 15.9 Å². The molecule has 2 aromatic carbocycles. The van der Waals surface area contributed by atoms with E-state index in [9.17, 15) is 17.6 Å². The van der Waals surface area contributed by atoms with Crippen LogP contribution in [0.1, 0.15) is 18.9 Å². The third-order valence-electron chi connectivity index (χ3n) is 5.50. The molecule has 0 spiro atoms. The molecule has 0 saturated carbocycles. The molecule has 0 aromatic heterocycles. The summed E-state index contributed by atoms with van der Waals surface area (Å²) in [5.74, 6) is -0.719. The number of piperazine rings is 1. The van der Waals surface area contributed by atoms with E-state index in [0.29, 0.717) is 37.6 Å². The van der Waals surface area contributed by atoms with Crippen LogP contribution >= 0.6 is 11.6 Å². The van der Waals surface area contributed by atoms with Crippen molar-refractivity contribution < 1.29 is 17.6 Å². The van der Waals surface area contributed by atoms with Crippen LogP contribution in [0.25, 0.3) is 0 Å². The SMILES string of the molecule is CC[C@@H](C(=O)N1CCN(c2cc(Cl)ccc2C)CC1)N(c1ccc(F)cc1)S(C)(=O)=O. The van der Waals surface area contributed by atoms with E-state index < -0.39 is 21.9 Å². The van der Waals surface area contributed by atoms with E-state index in [1.807, 2.05) is 25.1 Å². The molecule has 0 radical (unpaired) electrons. The number of anilines is 2. The van der Waals surface area contributed by atoms with Crippen molar-refractivity contribution in [3.05, 3.63) is 58.9 Å². The second kappa shape index (κ2) is 9.44. The number of benzene rings is 2. The van der Waals surface area contributed by atoms with Crippen LogP contribution in [0.15, 0.2) is 42.5 Å². The summed E-state index contributed by atoms with van der Waals surface area (Å²) in [4.78, 5) is 17.2. The van der Waals surface area contributed by atoms with Gasteiger partial charge in [0.15, 0.2) is 0 Å². The highest BCUT2D eigenvalue weighted by Crippen LogP contribution is 2.27. The maximum Gasteiger partial charge on any atom is 0.246 e. The number of amides is 1. The third kappa shape index (κ3) is 5.30. The molecule has 0 bridgehead atoms. The summed E-state index contributed by atoms with van der Waals surface area (Å²) in [5.41, 5.74) is 2.42. The van der Waals surface area contributed by atoms with E-state index in [1.54, 1.807) is 11.8 Å². The molecular weight excluding hydrogens is 441 g/mol. The summed E-state index contributed by atoms with van der Waals surface area (Å²) in [6.07, 6.45) is 1.36. The Hall–Kier alpha value is -2.32. The molecule has 0 unspecified atom stereocenters. The van der Waals surface area contributed by atoms with Crippen LogP contribution in [0.2, 0.25) is 5.02 Å². The quantitative estimate of drug-likeness (QED) is 0.650. The smallest absolute Gasteiger partial charge is 0.246 e. The zero-order valence-electron chi connectivity index (χ0n) is 17.9. The molecule has 1 amide bonds. The maximum absolute atomic E-state index is 13.4. The van der Waals surface area contributed by atoms with Gasteiger partial charge >= 0.3 is 0 Å². The number of carbonyl (C=O) groups is 1. The Morgan fingerprint density at radius 1 is 1.13 bits per heavy atom. The average Bonchev–Trinajstić information content (AvgIpc) is 2.73. The first-order valence-corrected chi connectivity index (χ1v) is 12.4. The maximum atomic E-state index is 13.4. The van der Waals surface area contributed by atoms with Crippen molar-refractivity contribution in [3.8, 4) is 0 Å². The standard InChI is InChI=1S/C22H27ClFN3O3S/c1-4-20(27(31(3,29)30)19-9-7-18(24)8-10-19)22(28)26-13-11-25(12-14-26)21-15-17(23)6-5-16(21)2/h5-10,15,20H,4,11-14H2,1-3H3/t20-/m0/s1. The molecule has 168 valence electrons. The van der Waals surface area contributed by atoms with Crippen molar-refractivity contribution >= 4 is 38.9 Å². The number of nitrogens with zero attached hydrogens (tertiary/aromatic N) is 3. The molecule has 1 saturated heterocycles. The molecule has 31 heavy (non-hydrogen) atoms. The van der Waals surface area contributed by atoms with Gasteiger partial charge in [-0.15, -0.1) is 0 Å². The highest BCUT2D eigenvalue weighted by atomic mass is 35.5. The van der Waals surface area contributed by atoms with E-state index >= 15 is 0 Å². The zero-order chi connectivity index (χ0) is 22.8. The molecular formula is C22H27ClFN3O3S. The Bertz CT molecular complexity index is 1040. The number of sulfonamides is 1. The summed E-state index contributed by atoms with van der Waals surface area (Å²) in [6.45, 7) is 5.99. The fourth-order valence-electron chi connectivity index (χ4n) is 3.93. The fourth-order valence-corrected chi connectivity index (χ4v) is 5.31. The molecule has 1 fully saturated rings. The van der Waals surface area contributed by atoms with Gasteiger partial charge < -0.3 is 9.80 Å². The predicted octanol–water partition coefficient (Wildman–Crippen LogP) is 3.68. The Kier molecular flexibility index (Phi) is 7.11. The molecule has 9 heteroatoms. The lowest BCUT2D eigenvalue weighted by Crippen LogP contribution is -2.56. The normalized spacial score (nSPS) is 15.6. The molecule has 1 heterocycles. The molecule has 1 aliphatic heterocycles. The van der Waals surface area contributed by atoms with Crippen LogP contribution in [0.4, 0.5) is 15.8 Å². The summed E-state index contributed by atoms with van der Waals surface area (Å²) >= 11 is 6.14. The Morgan fingerprint density at radius 2 is 1.74 bits per heavy atom. The van der Waals surface area contributed by atoms with E-state index in [4.69, 9.17) is 11.6 Å². The van der Waals surface area contributed by atoms with Gasteiger partial charge in [-0.05, 0) is 55.3 Å². The second-order valence-electron chi connectivity index (χ2n) is 7.70. The molecule has 0 aliphatic carbocycles. The van der Waals surface area contributed by atoms with Crippen LogP contribution in [0.3, 0.4) is 0 Å². The van der Waals surface area contributed by atoms with Gasteiger partial charge in [0.25, 0.3) is 0 Å². The lowest BCUT2D eigenvalue weighted by molar-refractivity contribution is -0.132. The average molecular weight is 468 g/mol. The van der Waals surface area contributed by atoms with Gasteiger partial charge in [-0.2, -0.15) is 0 Å². The van der Waals surface area contributed by atoms with E-state index in [-0.39, 0.29) is 11.6 Å². The van der Waals surface area contributed by atoms with Gasteiger partial charge in [0.05, 0.1) is 11.9 Å². The Labute approximate surface area is 188 Å². The third-order valence-corrected chi connectivity index (χ3v) is 6.91. The van der Waals surface area contributed by atoms with Crippen molar-refractivity contribution in [1.82, 2.24) is 4.90 Å². The van der Waals surface area contributed by atoms with Crippen molar-refractivity contribution in [1.29, 1.82) is 0 Å². The van der Waals surface area contributed by atoms with Crippen molar-refractivity contribution in [2.75, 3.05) is 41.6 Å². The number of hydrogen-bond donors (Lipinski definition) is 0. The number of aryl methyl sites for hydroxylation is 1. The minimum atomic E-state index is -3.75. The first-order valence-electron chi connectivity index (χ1n) is 10.2. The topological polar surface area (TPSA) is 60.9 Å². The molecule has 0 N–H and O–H groups in total. The van der Waals surface area contributed by atoms with Crippen molar-refractivity contribution in [3.63, 3.8) is 0 Å². The lowest BCUT2D eigenvalue weighted by Gasteiger charge is -2.40. The number of rotatable bonds is 6. The molecule has 6 nitrogen and oxygen atoms in total. The minimum Gasteiger partial charge on any atom is -0.368 e. The molecule has 1 aliphatic rings. The van der Waals surface area contributed by atoms with Crippen LogP contribution in [0, 0.1) is 12.7 Å². The summed E-state index contributed by atoms with van der Waals surface area (Å²) < 4.78 is 39.6. The highest BCUT2D eigenvalue weighted by molar-refractivity contribution is 7.92. The van der Waals surface area contributed by atoms with Crippen molar-refractivity contribution in [2.45, 2.75) is 26.3 Å². The van der Waals surface area contributed by atoms with Gasteiger partial charge in [-0.3, -0.25) is 9.10 Å². The van der Waals surface area contributed by atoms with Crippen LogP contribution < -0.4 is 9.21 Å². The van der Waals surface area contributed by atoms with Gasteiger partial charge in [0, 0.05) is 36.9 Å². The Balaban J connectivity index is 1.78. The van der Waals surface area contributed by atoms with Gasteiger partial charge in [0.1, 0.15) is 11.9 Å². The van der Waals surface area contributed by atoms with E-state index in [1.165, 1.54) is 24.3 Å². The Morgan fingerprint density at radius 3 is 2.29 bits per heavy atom.